The van der Waals surface area contributed by atoms with Crippen molar-refractivity contribution in [1.29, 1.82) is 0 Å². The Morgan fingerprint density at radius 1 is 1.22 bits per heavy atom. The van der Waals surface area contributed by atoms with Crippen molar-refractivity contribution in [2.45, 2.75) is 36.8 Å². The number of hydrogen-bond donors (Lipinski definition) is 2. The molecule has 3 fully saturated rings. The maximum absolute atomic E-state index is 12.7. The molecular formula is C16H20N6O. The molecular weight excluding hydrogens is 292 g/mol. The fourth-order valence-corrected chi connectivity index (χ4v) is 3.78. The molecule has 0 aromatic carbocycles. The normalized spacial score (nSPS) is 24.2. The summed E-state index contributed by atoms with van der Waals surface area (Å²) < 4.78 is 0. The molecule has 1 aliphatic heterocycles. The summed E-state index contributed by atoms with van der Waals surface area (Å²) in [5.74, 6) is 1.12. The summed E-state index contributed by atoms with van der Waals surface area (Å²) in [6, 6.07) is 2.01. The molecule has 0 unspecified atom stereocenters. The van der Waals surface area contributed by atoms with Crippen LogP contribution in [0.1, 0.15) is 25.7 Å². The molecule has 1 saturated heterocycles. The van der Waals surface area contributed by atoms with Crippen LogP contribution in [0.5, 0.6) is 0 Å². The van der Waals surface area contributed by atoms with Crippen molar-refractivity contribution in [3.8, 4) is 0 Å². The molecule has 2 saturated carbocycles. The summed E-state index contributed by atoms with van der Waals surface area (Å²) in [4.78, 5) is 28.9. The number of anilines is 1. The van der Waals surface area contributed by atoms with Crippen LogP contribution in [0.15, 0.2) is 18.6 Å². The van der Waals surface area contributed by atoms with Gasteiger partial charge in [0.25, 0.3) is 0 Å². The highest BCUT2D eigenvalue weighted by Crippen LogP contribution is 2.48. The summed E-state index contributed by atoms with van der Waals surface area (Å²) >= 11 is 0. The first kappa shape index (κ1) is 13.3. The molecule has 0 atom stereocenters. The van der Waals surface area contributed by atoms with E-state index < -0.39 is 5.54 Å². The van der Waals surface area contributed by atoms with Gasteiger partial charge < -0.3 is 20.5 Å². The molecule has 7 nitrogen and oxygen atoms in total. The zero-order valence-electron chi connectivity index (χ0n) is 13.0. The number of H-pyrrole nitrogens is 1. The molecule has 2 aromatic heterocycles. The van der Waals surface area contributed by atoms with Crippen LogP contribution in [-0.2, 0) is 4.79 Å². The van der Waals surface area contributed by atoms with Crippen molar-refractivity contribution in [1.82, 2.24) is 19.9 Å². The summed E-state index contributed by atoms with van der Waals surface area (Å²) in [5.41, 5.74) is 6.41. The van der Waals surface area contributed by atoms with Crippen LogP contribution in [0, 0.1) is 0 Å². The van der Waals surface area contributed by atoms with E-state index >= 15 is 0 Å². The van der Waals surface area contributed by atoms with E-state index in [0.29, 0.717) is 0 Å². The van der Waals surface area contributed by atoms with Crippen LogP contribution < -0.4 is 10.6 Å². The predicted molar refractivity (Wildman–Crippen MR) is 85.9 cm³/mol. The molecule has 1 amide bonds. The van der Waals surface area contributed by atoms with E-state index in [-0.39, 0.29) is 11.4 Å². The van der Waals surface area contributed by atoms with E-state index in [4.69, 9.17) is 5.73 Å². The Hall–Kier alpha value is -2.15. The number of nitrogens with zero attached hydrogens (tertiary/aromatic N) is 4. The van der Waals surface area contributed by atoms with Gasteiger partial charge in [-0.2, -0.15) is 0 Å². The number of carbonyl (C=O) groups is 1. The van der Waals surface area contributed by atoms with Crippen molar-refractivity contribution >= 4 is 22.8 Å². The Morgan fingerprint density at radius 3 is 2.78 bits per heavy atom. The molecule has 0 bridgehead atoms. The molecule has 2 aliphatic carbocycles. The Morgan fingerprint density at radius 2 is 2.04 bits per heavy atom. The highest BCUT2D eigenvalue weighted by molar-refractivity contribution is 5.91. The maximum Gasteiger partial charge on any atom is 0.243 e. The molecule has 3 aliphatic rings. The molecule has 0 radical (unpaired) electrons. The van der Waals surface area contributed by atoms with Crippen molar-refractivity contribution in [2.75, 3.05) is 24.5 Å². The number of nitrogens with two attached hydrogens (primary N) is 1. The van der Waals surface area contributed by atoms with Gasteiger partial charge in [0.15, 0.2) is 0 Å². The Bertz CT molecular complexity index is 791. The lowest BCUT2D eigenvalue weighted by Crippen LogP contribution is -2.61. The fraction of sp³-hybridized carbons (Fsp3) is 0.562. The third-order valence-electron chi connectivity index (χ3n) is 5.57. The van der Waals surface area contributed by atoms with E-state index in [1.54, 1.807) is 6.33 Å². The number of fused-ring (bicyclic) bond motifs is 1. The number of aromatic nitrogens is 3. The van der Waals surface area contributed by atoms with Crippen molar-refractivity contribution in [3.05, 3.63) is 18.6 Å². The van der Waals surface area contributed by atoms with Crippen LogP contribution in [0.2, 0.25) is 0 Å². The van der Waals surface area contributed by atoms with Crippen molar-refractivity contribution in [2.24, 2.45) is 5.73 Å². The largest absolute Gasteiger partial charge is 0.352 e. The topological polar surface area (TPSA) is 91.1 Å². The minimum Gasteiger partial charge on any atom is -0.352 e. The lowest BCUT2D eigenvalue weighted by Gasteiger charge is -2.43. The third-order valence-corrected chi connectivity index (χ3v) is 5.57. The summed E-state index contributed by atoms with van der Waals surface area (Å²) in [7, 11) is 0. The second kappa shape index (κ2) is 4.23. The maximum atomic E-state index is 12.7. The lowest BCUT2D eigenvalue weighted by atomic mass is 10.1. The van der Waals surface area contributed by atoms with Crippen LogP contribution in [0.25, 0.3) is 11.0 Å². The van der Waals surface area contributed by atoms with Gasteiger partial charge in [-0.25, -0.2) is 9.97 Å². The van der Waals surface area contributed by atoms with Crippen LogP contribution in [0.3, 0.4) is 0 Å². The van der Waals surface area contributed by atoms with E-state index in [2.05, 4.69) is 24.8 Å². The molecule has 7 heteroatoms. The number of aromatic amines is 1. The summed E-state index contributed by atoms with van der Waals surface area (Å²) in [6.07, 6.45) is 7.28. The standard InChI is InChI=1S/C16H20N6O/c17-16(4-5-16)14(23)22-8-7-21(9-15(22)2-3-15)13-11-1-6-18-12(11)19-10-20-13/h1,6,10H,2-5,7-9,17H2,(H,18,19,20). The van der Waals surface area contributed by atoms with E-state index in [0.717, 1.165) is 62.2 Å². The number of amides is 1. The molecule has 120 valence electrons. The molecule has 2 aromatic rings. The van der Waals surface area contributed by atoms with E-state index in [9.17, 15) is 4.79 Å². The van der Waals surface area contributed by atoms with Crippen molar-refractivity contribution in [3.63, 3.8) is 0 Å². The average molecular weight is 312 g/mol. The zero-order valence-corrected chi connectivity index (χ0v) is 13.0. The van der Waals surface area contributed by atoms with Gasteiger partial charge in [0.05, 0.1) is 16.5 Å². The summed E-state index contributed by atoms with van der Waals surface area (Å²) in [5, 5.41) is 1.04. The van der Waals surface area contributed by atoms with Crippen LogP contribution in [0.4, 0.5) is 5.82 Å². The lowest BCUT2D eigenvalue weighted by molar-refractivity contribution is -0.137. The molecule has 5 rings (SSSR count). The molecule has 3 N–H and O–H groups in total. The highest BCUT2D eigenvalue weighted by Gasteiger charge is 2.58. The van der Waals surface area contributed by atoms with Gasteiger partial charge in [-0.1, -0.05) is 0 Å². The van der Waals surface area contributed by atoms with Gasteiger partial charge in [-0.15, -0.1) is 0 Å². The monoisotopic (exact) mass is 312 g/mol. The first-order valence-corrected chi connectivity index (χ1v) is 8.25. The quantitative estimate of drug-likeness (QED) is 0.849. The van der Waals surface area contributed by atoms with Crippen LogP contribution >= 0.6 is 0 Å². The van der Waals surface area contributed by atoms with Gasteiger partial charge >= 0.3 is 0 Å². The second-order valence-corrected chi connectivity index (χ2v) is 7.20. The van der Waals surface area contributed by atoms with Gasteiger partial charge in [0.1, 0.15) is 17.8 Å². The summed E-state index contributed by atoms with van der Waals surface area (Å²) in [6.45, 7) is 2.36. The highest BCUT2D eigenvalue weighted by atomic mass is 16.2. The number of hydrogen-bond acceptors (Lipinski definition) is 5. The second-order valence-electron chi connectivity index (χ2n) is 7.20. The molecule has 3 heterocycles. The first-order valence-electron chi connectivity index (χ1n) is 8.25. The Kier molecular flexibility index (Phi) is 2.44. The number of rotatable bonds is 2. The Balaban J connectivity index is 1.44. The fourth-order valence-electron chi connectivity index (χ4n) is 3.78. The minimum absolute atomic E-state index is 0.0299. The first-order chi connectivity index (χ1) is 11.1. The van der Waals surface area contributed by atoms with Crippen LogP contribution in [-0.4, -0.2) is 56.5 Å². The van der Waals surface area contributed by atoms with Gasteiger partial charge in [-0.3, -0.25) is 4.79 Å². The Labute approximate surface area is 133 Å². The van der Waals surface area contributed by atoms with Gasteiger partial charge in [0, 0.05) is 25.8 Å². The smallest absolute Gasteiger partial charge is 0.243 e. The molecule has 1 spiro atoms. The van der Waals surface area contributed by atoms with E-state index in [1.165, 1.54) is 0 Å². The number of carbonyl (C=O) groups excluding carboxylic acids is 1. The SMILES string of the molecule is NC1(C(=O)N2CCN(c3ncnc4[nH]ccc34)CC23CC3)CC1. The number of nitrogens with one attached hydrogen (secondary N) is 1. The van der Waals surface area contributed by atoms with E-state index in [1.807, 2.05) is 12.3 Å². The average Bonchev–Trinajstić information content (AvgIpc) is 3.44. The predicted octanol–water partition coefficient (Wildman–Crippen LogP) is 0.630. The van der Waals surface area contributed by atoms with Crippen molar-refractivity contribution < 1.29 is 4.79 Å². The third kappa shape index (κ3) is 1.89. The number of piperazine rings is 1. The molecule has 23 heavy (non-hydrogen) atoms. The minimum atomic E-state index is -0.569. The van der Waals surface area contributed by atoms with Gasteiger partial charge in [-0.05, 0) is 31.7 Å². The van der Waals surface area contributed by atoms with Gasteiger partial charge in [0.2, 0.25) is 5.91 Å². The zero-order chi connectivity index (χ0) is 15.7.